The number of anilines is 1. The molecule has 180 valence electrons. The van der Waals surface area contributed by atoms with Crippen LogP contribution in [0.1, 0.15) is 33.8 Å². The Morgan fingerprint density at radius 1 is 1.21 bits per heavy atom. The van der Waals surface area contributed by atoms with Gasteiger partial charge >= 0.3 is 6.01 Å². The lowest BCUT2D eigenvalue weighted by molar-refractivity contribution is 0.108. The first-order valence-corrected chi connectivity index (χ1v) is 10.8. The van der Waals surface area contributed by atoms with Crippen molar-refractivity contribution in [3.63, 3.8) is 0 Å². The maximum Gasteiger partial charge on any atom is 0.318 e. The Bertz CT molecular complexity index is 1310. The third kappa shape index (κ3) is 4.96. The van der Waals surface area contributed by atoms with E-state index in [9.17, 15) is 8.78 Å². The number of ether oxygens (including phenoxy) is 1. The second kappa shape index (κ2) is 9.30. The number of nitrogens with one attached hydrogen (secondary N) is 1. The summed E-state index contributed by atoms with van der Waals surface area (Å²) in [6.45, 7) is 6.21. The molecule has 3 aromatic heterocycles. The summed E-state index contributed by atoms with van der Waals surface area (Å²) in [6, 6.07) is 6.69. The molecule has 0 radical (unpaired) electrons. The van der Waals surface area contributed by atoms with Crippen molar-refractivity contribution in [1.29, 1.82) is 0 Å². The van der Waals surface area contributed by atoms with Crippen LogP contribution in [0.25, 0.3) is 16.9 Å². The quantitative estimate of drug-likeness (QED) is 0.404. The van der Waals surface area contributed by atoms with E-state index in [-0.39, 0.29) is 13.0 Å². The van der Waals surface area contributed by atoms with Gasteiger partial charge in [-0.05, 0) is 47.0 Å². The zero-order valence-electron chi connectivity index (χ0n) is 19.8. The van der Waals surface area contributed by atoms with Crippen LogP contribution in [0.4, 0.5) is 14.6 Å². The van der Waals surface area contributed by atoms with Gasteiger partial charge in [0.2, 0.25) is 0 Å². The Morgan fingerprint density at radius 2 is 2.00 bits per heavy atom. The van der Waals surface area contributed by atoms with Gasteiger partial charge in [-0.1, -0.05) is 6.07 Å². The van der Waals surface area contributed by atoms with Crippen LogP contribution in [0.3, 0.4) is 0 Å². The van der Waals surface area contributed by atoms with Crippen molar-refractivity contribution in [2.45, 2.75) is 32.4 Å². The molecule has 0 unspecified atom stereocenters. The third-order valence-corrected chi connectivity index (χ3v) is 5.82. The van der Waals surface area contributed by atoms with E-state index < -0.39 is 17.7 Å². The Balaban J connectivity index is 0.00000342. The van der Waals surface area contributed by atoms with Crippen LogP contribution in [0, 0.1) is 11.6 Å². The molecule has 0 bridgehead atoms. The Morgan fingerprint density at radius 3 is 2.74 bits per heavy atom. The van der Waals surface area contributed by atoms with E-state index in [1.165, 1.54) is 12.1 Å². The van der Waals surface area contributed by atoms with Crippen molar-refractivity contribution in [2.75, 3.05) is 26.0 Å². The van der Waals surface area contributed by atoms with Crippen molar-refractivity contribution in [3.8, 4) is 17.3 Å². The zero-order valence-corrected chi connectivity index (χ0v) is 19.8. The van der Waals surface area contributed by atoms with Gasteiger partial charge in [0.15, 0.2) is 5.65 Å². The Kier molecular flexibility index (Phi) is 6.43. The lowest BCUT2D eigenvalue weighted by Crippen LogP contribution is -2.43. The van der Waals surface area contributed by atoms with E-state index in [1.807, 2.05) is 32.8 Å². The fourth-order valence-electron chi connectivity index (χ4n) is 3.23. The minimum Gasteiger partial charge on any atom is -0.461 e. The molecule has 0 amide bonds. The molecule has 8 nitrogen and oxygen atoms in total. The molecule has 4 rings (SSSR count). The molecule has 0 spiro atoms. The second-order valence-electron chi connectivity index (χ2n) is 8.89. The maximum absolute atomic E-state index is 14.3. The normalized spacial score (nSPS) is 12.8. The van der Waals surface area contributed by atoms with E-state index in [2.05, 4.69) is 25.4 Å². The lowest BCUT2D eigenvalue weighted by atomic mass is 10.1. The molecule has 0 fully saturated rings. The standard InChI is InChI=1S/C24H27F2N7O.H2/c1-15(17-8-7-16(25)11-19(17)26)29-21-12-20(18-13-28-33-10-6-9-27-22(18)33)30-23(31-21)34-14-24(2,3)32(4)5;/h6-13,15H,14H2,1-5H3,(H,29,30,31);1H/t15-;/m0./s1. The highest BCUT2D eigenvalue weighted by Gasteiger charge is 2.23. The number of aromatic nitrogens is 5. The summed E-state index contributed by atoms with van der Waals surface area (Å²) < 4.78 is 35.3. The van der Waals surface area contributed by atoms with Gasteiger partial charge in [0.1, 0.15) is 24.1 Å². The average molecular weight is 470 g/mol. The maximum atomic E-state index is 14.3. The summed E-state index contributed by atoms with van der Waals surface area (Å²) in [4.78, 5) is 15.5. The predicted molar refractivity (Wildman–Crippen MR) is 128 cm³/mol. The van der Waals surface area contributed by atoms with Gasteiger partial charge in [-0.3, -0.25) is 0 Å². The minimum absolute atomic E-state index is 0. The topological polar surface area (TPSA) is 80.5 Å². The first kappa shape index (κ1) is 23.5. The van der Waals surface area contributed by atoms with Crippen LogP contribution in [-0.2, 0) is 0 Å². The summed E-state index contributed by atoms with van der Waals surface area (Å²) in [5.74, 6) is -0.836. The number of hydrogen-bond acceptors (Lipinski definition) is 7. The monoisotopic (exact) mass is 469 g/mol. The van der Waals surface area contributed by atoms with Crippen molar-refractivity contribution in [3.05, 3.63) is 66.1 Å². The fraction of sp³-hybridized carbons (Fsp3) is 0.333. The zero-order chi connectivity index (χ0) is 24.5. The molecule has 0 saturated carbocycles. The van der Waals surface area contributed by atoms with Gasteiger partial charge in [-0.25, -0.2) is 18.3 Å². The largest absolute Gasteiger partial charge is 0.461 e. The van der Waals surface area contributed by atoms with Crippen molar-refractivity contribution < 1.29 is 14.9 Å². The molecule has 0 aliphatic heterocycles. The molecule has 1 atom stereocenters. The Labute approximate surface area is 198 Å². The number of halogens is 2. The van der Waals surface area contributed by atoms with Crippen LogP contribution in [0.15, 0.2) is 48.9 Å². The van der Waals surface area contributed by atoms with Gasteiger partial charge < -0.3 is 15.0 Å². The van der Waals surface area contributed by atoms with Gasteiger partial charge in [-0.2, -0.15) is 15.1 Å². The highest BCUT2D eigenvalue weighted by atomic mass is 19.1. The van der Waals surface area contributed by atoms with E-state index >= 15 is 0 Å². The first-order valence-electron chi connectivity index (χ1n) is 10.8. The first-order chi connectivity index (χ1) is 16.1. The molecule has 1 N–H and O–H groups in total. The molecule has 0 aliphatic carbocycles. The van der Waals surface area contributed by atoms with Crippen molar-refractivity contribution in [1.82, 2.24) is 29.5 Å². The highest BCUT2D eigenvalue weighted by Crippen LogP contribution is 2.28. The second-order valence-corrected chi connectivity index (χ2v) is 8.89. The Hall–Kier alpha value is -3.66. The van der Waals surface area contributed by atoms with Gasteiger partial charge in [0.25, 0.3) is 0 Å². The molecule has 34 heavy (non-hydrogen) atoms. The minimum atomic E-state index is -0.634. The number of benzene rings is 1. The summed E-state index contributed by atoms with van der Waals surface area (Å²) >= 11 is 0. The van der Waals surface area contributed by atoms with Crippen LogP contribution in [-0.4, -0.2) is 55.7 Å². The molecular formula is C24H29F2N7O. The predicted octanol–water partition coefficient (Wildman–Crippen LogP) is 4.60. The van der Waals surface area contributed by atoms with Crippen LogP contribution < -0.4 is 10.1 Å². The SMILES string of the molecule is C[C@H](Nc1cc(-c2cnn3cccnc23)nc(OCC(C)(C)N(C)C)n1)c1ccc(F)cc1F.[HH]. The van der Waals surface area contributed by atoms with E-state index in [0.717, 1.165) is 6.07 Å². The highest BCUT2D eigenvalue weighted by molar-refractivity contribution is 5.75. The van der Waals surface area contributed by atoms with Gasteiger partial charge in [-0.15, -0.1) is 0 Å². The number of rotatable bonds is 8. The lowest BCUT2D eigenvalue weighted by Gasteiger charge is -2.31. The van der Waals surface area contributed by atoms with Crippen LogP contribution in [0.5, 0.6) is 6.01 Å². The smallest absolute Gasteiger partial charge is 0.318 e. The molecule has 4 aromatic rings. The van der Waals surface area contributed by atoms with Gasteiger partial charge in [0.05, 0.1) is 23.5 Å². The van der Waals surface area contributed by atoms with Crippen LogP contribution >= 0.6 is 0 Å². The molecule has 10 heteroatoms. The van der Waals surface area contributed by atoms with Crippen molar-refractivity contribution in [2.24, 2.45) is 0 Å². The number of hydrogen-bond donors (Lipinski definition) is 1. The van der Waals surface area contributed by atoms with E-state index in [4.69, 9.17) is 4.74 Å². The van der Waals surface area contributed by atoms with Gasteiger partial charge in [0, 0.05) is 37.1 Å². The molecule has 1 aromatic carbocycles. The number of likely N-dealkylation sites (N-methyl/N-ethyl adjacent to an activating group) is 1. The molecular weight excluding hydrogens is 440 g/mol. The van der Waals surface area contributed by atoms with Crippen LogP contribution in [0.2, 0.25) is 0 Å². The molecule has 0 aliphatic rings. The average Bonchev–Trinajstić information content (AvgIpc) is 3.22. The summed E-state index contributed by atoms with van der Waals surface area (Å²) in [7, 11) is 3.94. The summed E-state index contributed by atoms with van der Waals surface area (Å²) in [5, 5.41) is 7.51. The fourth-order valence-corrected chi connectivity index (χ4v) is 3.23. The summed E-state index contributed by atoms with van der Waals surface area (Å²) in [5.41, 5.74) is 1.93. The molecule has 3 heterocycles. The van der Waals surface area contributed by atoms with Crippen molar-refractivity contribution >= 4 is 11.5 Å². The van der Waals surface area contributed by atoms with E-state index in [0.29, 0.717) is 34.9 Å². The third-order valence-electron chi connectivity index (χ3n) is 5.82. The number of fused-ring (bicyclic) bond motifs is 1. The number of nitrogens with zero attached hydrogens (tertiary/aromatic N) is 6. The summed E-state index contributed by atoms with van der Waals surface area (Å²) in [6.07, 6.45) is 5.14. The molecule has 0 saturated heterocycles. The van der Waals surface area contributed by atoms with E-state index in [1.54, 1.807) is 42.2 Å².